The van der Waals surface area contributed by atoms with Crippen LogP contribution in [0.1, 0.15) is 22.8 Å². The summed E-state index contributed by atoms with van der Waals surface area (Å²) in [7, 11) is 0. The van der Waals surface area contributed by atoms with E-state index in [0.29, 0.717) is 17.3 Å². The highest BCUT2D eigenvalue weighted by Crippen LogP contribution is 2.27. The monoisotopic (exact) mass is 350 g/mol. The maximum atomic E-state index is 13.7. The Labute approximate surface area is 140 Å². The van der Waals surface area contributed by atoms with Crippen molar-refractivity contribution in [3.05, 3.63) is 58.9 Å². The molecule has 0 spiro atoms. The average Bonchev–Trinajstić information content (AvgIpc) is 2.87. The molecule has 124 valence electrons. The van der Waals surface area contributed by atoms with E-state index >= 15 is 0 Å². The summed E-state index contributed by atoms with van der Waals surface area (Å²) in [4.78, 5) is 19.7. The van der Waals surface area contributed by atoms with Gasteiger partial charge in [0.15, 0.2) is 10.9 Å². The van der Waals surface area contributed by atoms with Gasteiger partial charge in [0.2, 0.25) is 0 Å². The lowest BCUT2D eigenvalue weighted by Crippen LogP contribution is -2.17. The van der Waals surface area contributed by atoms with E-state index in [1.54, 1.807) is 0 Å². The largest absolute Gasteiger partial charge is 0.333 e. The summed E-state index contributed by atoms with van der Waals surface area (Å²) < 4.78 is 40.4. The van der Waals surface area contributed by atoms with Crippen LogP contribution >= 0.6 is 11.8 Å². The van der Waals surface area contributed by atoms with Crippen LogP contribution in [-0.2, 0) is 0 Å². The van der Waals surface area contributed by atoms with Gasteiger partial charge in [0, 0.05) is 12.1 Å². The van der Waals surface area contributed by atoms with Gasteiger partial charge in [0.25, 0.3) is 0 Å². The van der Waals surface area contributed by atoms with Gasteiger partial charge in [-0.1, -0.05) is 17.8 Å². The molecule has 24 heavy (non-hydrogen) atoms. The first-order valence-corrected chi connectivity index (χ1v) is 8.05. The summed E-state index contributed by atoms with van der Waals surface area (Å²) in [5, 5.41) is -0.319. The molecule has 0 saturated heterocycles. The predicted octanol–water partition coefficient (Wildman–Crippen LogP) is 4.65. The van der Waals surface area contributed by atoms with Crippen LogP contribution in [0.15, 0.2) is 35.5 Å². The molecule has 1 unspecified atom stereocenters. The van der Waals surface area contributed by atoms with Gasteiger partial charge in [-0.2, -0.15) is 0 Å². The summed E-state index contributed by atoms with van der Waals surface area (Å²) in [6.07, 6.45) is 0. The Morgan fingerprint density at radius 1 is 1.17 bits per heavy atom. The molecule has 1 heterocycles. The second-order valence-corrected chi connectivity index (χ2v) is 6.76. The number of imidazole rings is 1. The van der Waals surface area contributed by atoms with E-state index in [2.05, 4.69) is 9.97 Å². The summed E-state index contributed by atoms with van der Waals surface area (Å²) >= 11 is 1.06. The van der Waals surface area contributed by atoms with Crippen molar-refractivity contribution >= 4 is 28.6 Å². The van der Waals surface area contributed by atoms with Crippen molar-refractivity contribution in [2.75, 3.05) is 0 Å². The number of fused-ring (bicyclic) bond motifs is 1. The number of halogens is 3. The fourth-order valence-electron chi connectivity index (χ4n) is 2.36. The smallest absolute Gasteiger partial charge is 0.181 e. The van der Waals surface area contributed by atoms with E-state index < -0.39 is 34.0 Å². The maximum Gasteiger partial charge on any atom is 0.181 e. The van der Waals surface area contributed by atoms with Crippen LogP contribution in [0.4, 0.5) is 13.2 Å². The van der Waals surface area contributed by atoms with Crippen molar-refractivity contribution in [3.8, 4) is 0 Å². The summed E-state index contributed by atoms with van der Waals surface area (Å²) in [5.74, 6) is -4.23. The maximum absolute atomic E-state index is 13.7. The van der Waals surface area contributed by atoms with Gasteiger partial charge in [-0.25, -0.2) is 18.2 Å². The highest BCUT2D eigenvalue weighted by molar-refractivity contribution is 8.00. The van der Waals surface area contributed by atoms with E-state index in [1.165, 1.54) is 6.92 Å². The Morgan fingerprint density at radius 3 is 2.50 bits per heavy atom. The highest BCUT2D eigenvalue weighted by atomic mass is 32.2. The Hall–Kier alpha value is -2.28. The zero-order valence-corrected chi connectivity index (χ0v) is 13.7. The van der Waals surface area contributed by atoms with Gasteiger partial charge in [-0.15, -0.1) is 0 Å². The van der Waals surface area contributed by atoms with Crippen LogP contribution in [0.3, 0.4) is 0 Å². The van der Waals surface area contributed by atoms with E-state index in [9.17, 15) is 18.0 Å². The number of carbonyl (C=O) groups is 1. The number of hydrogen-bond acceptors (Lipinski definition) is 3. The minimum Gasteiger partial charge on any atom is -0.333 e. The number of ketones is 1. The Morgan fingerprint density at radius 2 is 1.83 bits per heavy atom. The number of nitrogens with one attached hydrogen (secondary N) is 1. The fraction of sp³-hybridized carbons (Fsp3) is 0.176. The number of hydrogen-bond donors (Lipinski definition) is 1. The second-order valence-electron chi connectivity index (χ2n) is 5.43. The van der Waals surface area contributed by atoms with Crippen LogP contribution in [0.25, 0.3) is 11.0 Å². The minimum atomic E-state index is -1.20. The first-order chi connectivity index (χ1) is 11.3. The number of nitrogens with zero attached hydrogens (tertiary/aromatic N) is 1. The van der Waals surface area contributed by atoms with E-state index in [-0.39, 0.29) is 0 Å². The zero-order chi connectivity index (χ0) is 17.4. The Kier molecular flexibility index (Phi) is 4.36. The van der Waals surface area contributed by atoms with E-state index in [0.717, 1.165) is 28.4 Å². The topological polar surface area (TPSA) is 45.8 Å². The number of aromatic amines is 1. The Balaban J connectivity index is 1.85. The molecular weight excluding hydrogens is 337 g/mol. The third-order valence-corrected chi connectivity index (χ3v) is 4.51. The first kappa shape index (κ1) is 16.6. The number of Topliss-reactive ketones (excluding diaryl/α,β-unsaturated/α-hetero) is 1. The van der Waals surface area contributed by atoms with Gasteiger partial charge < -0.3 is 4.98 Å². The molecule has 3 aromatic rings. The number of aromatic nitrogens is 2. The van der Waals surface area contributed by atoms with Gasteiger partial charge >= 0.3 is 0 Å². The number of aryl methyl sites for hydroxylation is 1. The number of benzene rings is 2. The molecule has 0 aliphatic carbocycles. The summed E-state index contributed by atoms with van der Waals surface area (Å²) in [6.45, 7) is 3.47. The van der Waals surface area contributed by atoms with E-state index in [4.69, 9.17) is 0 Å². The molecular formula is C17H13F3N2OS. The molecule has 1 N–H and O–H groups in total. The molecule has 1 atom stereocenters. The molecule has 3 nitrogen and oxygen atoms in total. The van der Waals surface area contributed by atoms with Crippen molar-refractivity contribution in [2.24, 2.45) is 0 Å². The molecule has 0 amide bonds. The third kappa shape index (κ3) is 3.17. The van der Waals surface area contributed by atoms with Crippen molar-refractivity contribution in [1.29, 1.82) is 0 Å². The second kappa shape index (κ2) is 6.32. The van der Waals surface area contributed by atoms with E-state index in [1.807, 2.05) is 25.1 Å². The average molecular weight is 350 g/mol. The van der Waals surface area contributed by atoms with Gasteiger partial charge in [-0.3, -0.25) is 4.79 Å². The van der Waals surface area contributed by atoms with Gasteiger partial charge in [-0.05, 0) is 31.5 Å². The lowest BCUT2D eigenvalue weighted by molar-refractivity contribution is 0.0985. The van der Waals surface area contributed by atoms with Crippen LogP contribution in [0.5, 0.6) is 0 Å². The SMILES string of the molecule is Cc1ccc2nc(SC(C)C(=O)c3c(F)cc(F)cc3F)[nH]c2c1. The van der Waals surface area contributed by atoms with Crippen LogP contribution < -0.4 is 0 Å². The fourth-order valence-corrected chi connectivity index (χ4v) is 3.24. The molecule has 0 aliphatic heterocycles. The number of thioether (sulfide) groups is 1. The van der Waals surface area contributed by atoms with Crippen molar-refractivity contribution in [3.63, 3.8) is 0 Å². The predicted molar refractivity (Wildman–Crippen MR) is 86.8 cm³/mol. The molecule has 3 rings (SSSR count). The summed E-state index contributed by atoms with van der Waals surface area (Å²) in [5.41, 5.74) is 1.88. The van der Waals surface area contributed by atoms with Crippen LogP contribution in [-0.4, -0.2) is 21.0 Å². The van der Waals surface area contributed by atoms with Crippen molar-refractivity contribution in [1.82, 2.24) is 9.97 Å². The normalized spacial score (nSPS) is 12.5. The molecule has 1 aromatic heterocycles. The lowest BCUT2D eigenvalue weighted by atomic mass is 10.1. The molecule has 2 aromatic carbocycles. The Bertz CT molecular complexity index is 916. The van der Waals surface area contributed by atoms with Crippen molar-refractivity contribution in [2.45, 2.75) is 24.3 Å². The molecule has 0 saturated carbocycles. The van der Waals surface area contributed by atoms with Crippen LogP contribution in [0, 0.1) is 24.4 Å². The minimum absolute atomic E-state index is 0.472. The summed E-state index contributed by atoms with van der Waals surface area (Å²) in [6, 6.07) is 6.67. The standard InChI is InChI=1S/C17H13F3N2OS/c1-8-3-4-13-14(5-8)22-17(21-13)24-9(2)16(23)15-11(19)6-10(18)7-12(15)20/h3-7,9H,1-2H3,(H,21,22). The van der Waals surface area contributed by atoms with Crippen LogP contribution in [0.2, 0.25) is 0 Å². The molecule has 0 bridgehead atoms. The number of carbonyl (C=O) groups excluding carboxylic acids is 1. The van der Waals surface area contributed by atoms with Crippen molar-refractivity contribution < 1.29 is 18.0 Å². The highest BCUT2D eigenvalue weighted by Gasteiger charge is 2.25. The van der Waals surface area contributed by atoms with Gasteiger partial charge in [0.1, 0.15) is 17.5 Å². The molecule has 0 radical (unpaired) electrons. The van der Waals surface area contributed by atoms with Gasteiger partial charge in [0.05, 0.1) is 21.8 Å². The first-order valence-electron chi connectivity index (χ1n) is 7.17. The quantitative estimate of drug-likeness (QED) is 0.550. The molecule has 0 fully saturated rings. The molecule has 0 aliphatic rings. The zero-order valence-electron chi connectivity index (χ0n) is 12.9. The number of H-pyrrole nitrogens is 1. The molecule has 7 heteroatoms. The third-order valence-electron chi connectivity index (χ3n) is 3.53. The number of rotatable bonds is 4. The lowest BCUT2D eigenvalue weighted by Gasteiger charge is -2.10.